The summed E-state index contributed by atoms with van der Waals surface area (Å²) < 4.78 is 13.8. The number of piperidine rings is 1. The minimum Gasteiger partial charge on any atom is -0.389 e. The van der Waals surface area contributed by atoms with Gasteiger partial charge in [0.25, 0.3) is 5.56 Å². The predicted octanol–water partition coefficient (Wildman–Crippen LogP) is 6.45. The largest absolute Gasteiger partial charge is 0.389 e. The van der Waals surface area contributed by atoms with Crippen molar-refractivity contribution >= 4 is 47.8 Å². The molecule has 1 aliphatic rings. The highest BCUT2D eigenvalue weighted by atomic mass is 35.5. The number of H-pyrrole nitrogens is 1. The molecule has 0 saturated carbocycles. The van der Waals surface area contributed by atoms with E-state index in [4.69, 9.17) is 11.6 Å². The standard InChI is InChI=1S/C29H28ClFN2O2S.H2S/c1-17-12-21(31)6-8-23(17)26-16-29(35,10-11-32-26)27(18-4-3-5-20(30)13-18)24-15-19-14-22(36-2)7-9-25(19)33-28(24)34;/h3-9,12-15,26-27,32,35H,10-11,16H2,1-2H3,(H,33,34);1H2. The Hall–Kier alpha value is -2.29. The molecule has 4 nitrogen and oxygen atoms in total. The molecular formula is C29H30ClFN2O2S2. The SMILES string of the molecule is CSc1ccc2[nH]c(=O)c(C(c3cccc(Cl)c3)C3(O)CCNC(c4ccc(F)cc4C)C3)cc2c1.S. The van der Waals surface area contributed by atoms with Gasteiger partial charge in [-0.3, -0.25) is 4.79 Å². The fraction of sp³-hybridized carbons (Fsp3) is 0.276. The van der Waals surface area contributed by atoms with Crippen molar-refractivity contribution in [3.05, 3.63) is 110 Å². The maximum Gasteiger partial charge on any atom is 0.252 e. The Labute approximate surface area is 232 Å². The molecule has 0 amide bonds. The predicted molar refractivity (Wildman–Crippen MR) is 156 cm³/mol. The molecule has 1 aromatic heterocycles. The lowest BCUT2D eigenvalue weighted by Crippen LogP contribution is -2.49. The van der Waals surface area contributed by atoms with Crippen LogP contribution in [0.4, 0.5) is 4.39 Å². The highest BCUT2D eigenvalue weighted by molar-refractivity contribution is 7.98. The number of aromatic amines is 1. The number of aromatic nitrogens is 1. The second kappa shape index (κ2) is 11.2. The molecule has 1 aliphatic heterocycles. The van der Waals surface area contributed by atoms with E-state index in [0.717, 1.165) is 32.5 Å². The van der Waals surface area contributed by atoms with Crippen LogP contribution in [0.1, 0.15) is 47.1 Å². The lowest BCUT2D eigenvalue weighted by atomic mass is 9.70. The van der Waals surface area contributed by atoms with E-state index in [0.29, 0.717) is 30.0 Å². The molecule has 37 heavy (non-hydrogen) atoms. The van der Waals surface area contributed by atoms with Gasteiger partial charge in [0.1, 0.15) is 5.82 Å². The summed E-state index contributed by atoms with van der Waals surface area (Å²) in [5.41, 5.74) is 2.34. The van der Waals surface area contributed by atoms with Crippen LogP contribution >= 0.6 is 36.9 Å². The van der Waals surface area contributed by atoms with Crippen molar-refractivity contribution in [1.29, 1.82) is 0 Å². The van der Waals surface area contributed by atoms with Crippen LogP contribution in [0, 0.1) is 12.7 Å². The number of thioether (sulfide) groups is 1. The van der Waals surface area contributed by atoms with Gasteiger partial charge in [-0.05, 0) is 103 Å². The van der Waals surface area contributed by atoms with Gasteiger partial charge in [0.2, 0.25) is 0 Å². The van der Waals surface area contributed by atoms with Gasteiger partial charge in [-0.25, -0.2) is 4.39 Å². The molecule has 8 heteroatoms. The first-order valence-electron chi connectivity index (χ1n) is 12.0. The summed E-state index contributed by atoms with van der Waals surface area (Å²) in [6.07, 6.45) is 2.82. The van der Waals surface area contributed by atoms with Gasteiger partial charge >= 0.3 is 0 Å². The van der Waals surface area contributed by atoms with Crippen LogP contribution in [0.25, 0.3) is 10.9 Å². The number of halogens is 2. The number of pyridine rings is 1. The quantitative estimate of drug-likeness (QED) is 0.247. The Morgan fingerprint density at radius 2 is 1.95 bits per heavy atom. The Morgan fingerprint density at radius 3 is 2.68 bits per heavy atom. The summed E-state index contributed by atoms with van der Waals surface area (Å²) in [6, 6.07) is 19.8. The van der Waals surface area contributed by atoms with Crippen LogP contribution in [-0.2, 0) is 0 Å². The summed E-state index contributed by atoms with van der Waals surface area (Å²) >= 11 is 8.01. The van der Waals surface area contributed by atoms with E-state index >= 15 is 0 Å². The topological polar surface area (TPSA) is 65.1 Å². The fourth-order valence-corrected chi connectivity index (χ4v) is 6.16. The molecule has 3 N–H and O–H groups in total. The lowest BCUT2D eigenvalue weighted by Gasteiger charge is -2.43. The monoisotopic (exact) mass is 556 g/mol. The van der Waals surface area contributed by atoms with Gasteiger partial charge in [-0.1, -0.05) is 29.8 Å². The molecule has 4 aromatic rings. The molecule has 0 bridgehead atoms. The van der Waals surface area contributed by atoms with E-state index in [1.54, 1.807) is 23.9 Å². The van der Waals surface area contributed by atoms with E-state index in [1.165, 1.54) is 12.1 Å². The molecule has 1 saturated heterocycles. The maximum absolute atomic E-state index is 13.8. The third kappa shape index (κ3) is 5.61. The number of hydrogen-bond donors (Lipinski definition) is 3. The molecule has 3 atom stereocenters. The van der Waals surface area contributed by atoms with E-state index in [-0.39, 0.29) is 30.9 Å². The van der Waals surface area contributed by atoms with Gasteiger partial charge in [0.15, 0.2) is 0 Å². The fourth-order valence-electron chi connectivity index (χ4n) is 5.51. The van der Waals surface area contributed by atoms with Gasteiger partial charge in [-0.15, -0.1) is 11.8 Å². The Bertz CT molecular complexity index is 1490. The van der Waals surface area contributed by atoms with Crippen LogP contribution in [0.3, 0.4) is 0 Å². The summed E-state index contributed by atoms with van der Waals surface area (Å²) in [5.74, 6) is -0.890. The minimum atomic E-state index is -1.24. The number of benzene rings is 3. The molecule has 2 heterocycles. The van der Waals surface area contributed by atoms with E-state index < -0.39 is 11.5 Å². The summed E-state index contributed by atoms with van der Waals surface area (Å²) in [7, 11) is 0. The Morgan fingerprint density at radius 1 is 1.14 bits per heavy atom. The number of nitrogens with one attached hydrogen (secondary N) is 2. The van der Waals surface area contributed by atoms with Crippen molar-refractivity contribution in [2.24, 2.45) is 0 Å². The van der Waals surface area contributed by atoms with Crippen molar-refractivity contribution in [3.8, 4) is 0 Å². The second-order valence-electron chi connectivity index (χ2n) is 9.56. The molecule has 0 aliphatic carbocycles. The lowest BCUT2D eigenvalue weighted by molar-refractivity contribution is -0.0194. The summed E-state index contributed by atoms with van der Waals surface area (Å²) in [6.45, 7) is 2.43. The molecule has 3 unspecified atom stereocenters. The number of fused-ring (bicyclic) bond motifs is 1. The van der Waals surface area contributed by atoms with Crippen molar-refractivity contribution in [2.45, 2.75) is 42.2 Å². The van der Waals surface area contributed by atoms with Crippen LogP contribution in [0.15, 0.2) is 76.4 Å². The Kier molecular flexibility index (Phi) is 8.41. The molecular weight excluding hydrogens is 527 g/mol. The molecule has 194 valence electrons. The zero-order chi connectivity index (χ0) is 25.4. The minimum absolute atomic E-state index is 0. The van der Waals surface area contributed by atoms with E-state index in [2.05, 4.69) is 10.3 Å². The molecule has 5 rings (SSSR count). The van der Waals surface area contributed by atoms with Crippen LogP contribution < -0.4 is 10.9 Å². The third-order valence-electron chi connectivity index (χ3n) is 7.22. The average molecular weight is 557 g/mol. The summed E-state index contributed by atoms with van der Waals surface area (Å²) in [4.78, 5) is 17.6. The zero-order valence-electron chi connectivity index (χ0n) is 20.6. The second-order valence-corrected chi connectivity index (χ2v) is 10.9. The Balaban J connectivity index is 0.00000320. The van der Waals surface area contributed by atoms with Crippen molar-refractivity contribution < 1.29 is 9.50 Å². The van der Waals surface area contributed by atoms with Crippen LogP contribution in [-0.4, -0.2) is 28.5 Å². The zero-order valence-corrected chi connectivity index (χ0v) is 23.2. The van der Waals surface area contributed by atoms with Crippen LogP contribution in [0.2, 0.25) is 5.02 Å². The third-order valence-corrected chi connectivity index (χ3v) is 8.18. The molecule has 0 spiro atoms. The molecule has 3 aromatic carbocycles. The van der Waals surface area contributed by atoms with E-state index in [1.807, 2.05) is 55.6 Å². The molecule has 0 radical (unpaired) electrons. The van der Waals surface area contributed by atoms with Gasteiger partial charge in [0.05, 0.1) is 5.60 Å². The van der Waals surface area contributed by atoms with E-state index in [9.17, 15) is 14.3 Å². The number of hydrogen-bond acceptors (Lipinski definition) is 4. The average Bonchev–Trinajstić information content (AvgIpc) is 2.84. The maximum atomic E-state index is 13.8. The van der Waals surface area contributed by atoms with Gasteiger partial charge in [-0.2, -0.15) is 13.5 Å². The highest BCUT2D eigenvalue weighted by Gasteiger charge is 2.44. The van der Waals surface area contributed by atoms with Crippen LogP contribution in [0.5, 0.6) is 0 Å². The smallest absolute Gasteiger partial charge is 0.252 e. The normalized spacial score (nSPS) is 20.4. The molecule has 1 fully saturated rings. The highest BCUT2D eigenvalue weighted by Crippen LogP contribution is 2.44. The first-order chi connectivity index (χ1) is 17.3. The number of aryl methyl sites for hydroxylation is 1. The van der Waals surface area contributed by atoms with Crippen molar-refractivity contribution in [3.63, 3.8) is 0 Å². The first kappa shape index (κ1) is 27.7. The number of rotatable bonds is 5. The van der Waals surface area contributed by atoms with Crippen molar-refractivity contribution in [1.82, 2.24) is 10.3 Å². The summed E-state index contributed by atoms with van der Waals surface area (Å²) in [5, 5.41) is 17.2. The van der Waals surface area contributed by atoms with Gasteiger partial charge < -0.3 is 15.4 Å². The van der Waals surface area contributed by atoms with Crippen molar-refractivity contribution in [2.75, 3.05) is 12.8 Å². The van der Waals surface area contributed by atoms with Gasteiger partial charge in [0, 0.05) is 33.0 Å². The number of aliphatic hydroxyl groups is 1. The first-order valence-corrected chi connectivity index (χ1v) is 13.6.